The van der Waals surface area contributed by atoms with Crippen molar-refractivity contribution < 1.29 is 23.1 Å². The number of nitrogens with zero attached hydrogens (tertiary/aromatic N) is 2. The number of carboxylic acid groups (broad SMARTS) is 1. The second-order valence-electron chi connectivity index (χ2n) is 4.25. The molecule has 1 heterocycles. The molecule has 4 nitrogen and oxygen atoms in total. The summed E-state index contributed by atoms with van der Waals surface area (Å²) in [5.41, 5.74) is -0.992. The van der Waals surface area contributed by atoms with Crippen molar-refractivity contribution in [1.82, 2.24) is 9.97 Å². The van der Waals surface area contributed by atoms with E-state index in [0.29, 0.717) is 18.5 Å². The van der Waals surface area contributed by atoms with Gasteiger partial charge in [0.2, 0.25) is 5.82 Å². The van der Waals surface area contributed by atoms with Gasteiger partial charge in [0.1, 0.15) is 0 Å². The number of hydrogen-bond donors (Lipinski definition) is 1. The minimum absolute atomic E-state index is 0.242. The lowest BCUT2D eigenvalue weighted by atomic mass is 10.1. The van der Waals surface area contributed by atoms with Crippen LogP contribution in [0.4, 0.5) is 13.2 Å². The molecule has 0 unspecified atom stereocenters. The van der Waals surface area contributed by atoms with E-state index in [1.165, 1.54) is 12.1 Å². The van der Waals surface area contributed by atoms with Crippen molar-refractivity contribution in [2.45, 2.75) is 25.9 Å². The lowest BCUT2D eigenvalue weighted by Crippen LogP contribution is -2.12. The van der Waals surface area contributed by atoms with Crippen LogP contribution in [-0.4, -0.2) is 21.0 Å². The van der Waals surface area contributed by atoms with Crippen LogP contribution in [0.15, 0.2) is 18.2 Å². The Kier molecular flexibility index (Phi) is 3.61. The van der Waals surface area contributed by atoms with Crippen LogP contribution in [0.25, 0.3) is 10.9 Å². The normalized spacial score (nSPS) is 11.8. The molecule has 20 heavy (non-hydrogen) atoms. The maximum absolute atomic E-state index is 13.0. The molecule has 1 N–H and O–H groups in total. The number of fused-ring (bicyclic) bond motifs is 1. The van der Waals surface area contributed by atoms with Crippen LogP contribution in [0, 0.1) is 0 Å². The van der Waals surface area contributed by atoms with Crippen LogP contribution in [0.3, 0.4) is 0 Å². The van der Waals surface area contributed by atoms with E-state index < -0.39 is 23.5 Å². The van der Waals surface area contributed by atoms with Gasteiger partial charge < -0.3 is 5.11 Å². The SMILES string of the molecule is CCCc1nc(C(=O)O)nc2c(C(F)(F)F)cccc12. The average molecular weight is 284 g/mol. The summed E-state index contributed by atoms with van der Waals surface area (Å²) < 4.78 is 38.9. The van der Waals surface area contributed by atoms with Crippen LogP contribution in [-0.2, 0) is 12.6 Å². The number of benzene rings is 1. The number of carboxylic acids is 1. The van der Waals surface area contributed by atoms with E-state index in [1.807, 2.05) is 6.92 Å². The third-order valence-corrected chi connectivity index (χ3v) is 2.79. The topological polar surface area (TPSA) is 63.1 Å². The van der Waals surface area contributed by atoms with Crippen molar-refractivity contribution in [3.8, 4) is 0 Å². The molecule has 106 valence electrons. The van der Waals surface area contributed by atoms with Gasteiger partial charge in [-0.1, -0.05) is 25.5 Å². The van der Waals surface area contributed by atoms with Crippen LogP contribution < -0.4 is 0 Å². The van der Waals surface area contributed by atoms with E-state index in [4.69, 9.17) is 5.11 Å². The summed E-state index contributed by atoms with van der Waals surface area (Å²) >= 11 is 0. The summed E-state index contributed by atoms with van der Waals surface area (Å²) in [5, 5.41) is 9.17. The maximum atomic E-state index is 13.0. The van der Waals surface area contributed by atoms with Crippen molar-refractivity contribution >= 4 is 16.9 Å². The minimum Gasteiger partial charge on any atom is -0.475 e. The van der Waals surface area contributed by atoms with Crippen molar-refractivity contribution in [1.29, 1.82) is 0 Å². The quantitative estimate of drug-likeness (QED) is 0.939. The zero-order chi connectivity index (χ0) is 14.9. The van der Waals surface area contributed by atoms with Gasteiger partial charge in [0.05, 0.1) is 16.8 Å². The van der Waals surface area contributed by atoms with E-state index in [2.05, 4.69) is 9.97 Å². The van der Waals surface area contributed by atoms with E-state index >= 15 is 0 Å². The number of aromatic nitrogens is 2. The summed E-state index contributed by atoms with van der Waals surface area (Å²) in [6, 6.07) is 3.63. The molecule has 0 fully saturated rings. The fourth-order valence-electron chi connectivity index (χ4n) is 1.97. The third-order valence-electron chi connectivity index (χ3n) is 2.79. The van der Waals surface area contributed by atoms with Gasteiger partial charge in [-0.15, -0.1) is 0 Å². The largest absolute Gasteiger partial charge is 0.475 e. The lowest BCUT2D eigenvalue weighted by molar-refractivity contribution is -0.136. The molecule has 0 atom stereocenters. The molecule has 0 aliphatic rings. The Morgan fingerprint density at radius 1 is 1.30 bits per heavy atom. The number of alkyl halides is 3. The molecule has 0 aliphatic carbocycles. The average Bonchev–Trinajstić information content (AvgIpc) is 2.37. The molecule has 0 saturated carbocycles. The van der Waals surface area contributed by atoms with E-state index in [-0.39, 0.29) is 10.9 Å². The molecule has 0 amide bonds. The molecule has 0 saturated heterocycles. The molecule has 1 aromatic heterocycles. The van der Waals surface area contributed by atoms with Crippen molar-refractivity contribution in [2.24, 2.45) is 0 Å². The van der Waals surface area contributed by atoms with Gasteiger partial charge in [0.25, 0.3) is 0 Å². The zero-order valence-electron chi connectivity index (χ0n) is 10.5. The smallest absolute Gasteiger partial charge is 0.418 e. The third kappa shape index (κ3) is 2.56. The van der Waals surface area contributed by atoms with Crippen molar-refractivity contribution in [3.05, 3.63) is 35.3 Å². The maximum Gasteiger partial charge on any atom is 0.418 e. The zero-order valence-corrected chi connectivity index (χ0v) is 10.5. The Balaban J connectivity index is 2.83. The highest BCUT2D eigenvalue weighted by molar-refractivity contribution is 5.90. The number of rotatable bonds is 3. The highest BCUT2D eigenvalue weighted by Gasteiger charge is 2.34. The van der Waals surface area contributed by atoms with Gasteiger partial charge in [-0.25, -0.2) is 14.8 Å². The van der Waals surface area contributed by atoms with Crippen LogP contribution >= 0.6 is 0 Å². The van der Waals surface area contributed by atoms with Gasteiger partial charge in [-0.3, -0.25) is 0 Å². The van der Waals surface area contributed by atoms with E-state index in [0.717, 1.165) is 6.07 Å². The van der Waals surface area contributed by atoms with Gasteiger partial charge in [0.15, 0.2) is 0 Å². The highest BCUT2D eigenvalue weighted by Crippen LogP contribution is 2.34. The van der Waals surface area contributed by atoms with Crippen molar-refractivity contribution in [3.63, 3.8) is 0 Å². The summed E-state index contributed by atoms with van der Waals surface area (Å²) in [7, 11) is 0. The van der Waals surface area contributed by atoms with E-state index in [1.54, 1.807) is 0 Å². The van der Waals surface area contributed by atoms with Gasteiger partial charge in [-0.2, -0.15) is 13.2 Å². The molecular formula is C13H11F3N2O2. The minimum atomic E-state index is -4.59. The number of carbonyl (C=O) groups is 1. The number of aryl methyl sites for hydroxylation is 1. The summed E-state index contributed by atoms with van der Waals surface area (Å²) in [4.78, 5) is 18.3. The summed E-state index contributed by atoms with van der Waals surface area (Å²) in [6.45, 7) is 1.84. The standard InChI is InChI=1S/C13H11F3N2O2/c1-2-4-9-7-5-3-6-8(13(14,15)16)10(7)18-11(17-9)12(19)20/h3,5-6H,2,4H2,1H3,(H,19,20). The van der Waals surface area contributed by atoms with Gasteiger partial charge in [-0.05, 0) is 12.5 Å². The molecule has 0 bridgehead atoms. The number of aromatic carboxylic acids is 1. The van der Waals surface area contributed by atoms with Crippen molar-refractivity contribution in [2.75, 3.05) is 0 Å². The van der Waals surface area contributed by atoms with Crippen LogP contribution in [0.5, 0.6) is 0 Å². The lowest BCUT2D eigenvalue weighted by Gasteiger charge is -2.12. The first-order chi connectivity index (χ1) is 9.34. The first-order valence-corrected chi connectivity index (χ1v) is 5.94. The molecule has 0 aliphatic heterocycles. The Hall–Kier alpha value is -2.18. The van der Waals surface area contributed by atoms with Crippen LogP contribution in [0.1, 0.15) is 35.2 Å². The molecule has 0 radical (unpaired) electrons. The predicted molar refractivity (Wildman–Crippen MR) is 65.5 cm³/mol. The van der Waals surface area contributed by atoms with Crippen LogP contribution in [0.2, 0.25) is 0 Å². The molecular weight excluding hydrogens is 273 g/mol. The van der Waals surface area contributed by atoms with Gasteiger partial charge >= 0.3 is 12.1 Å². The van der Waals surface area contributed by atoms with Gasteiger partial charge in [0, 0.05) is 5.39 Å². The first-order valence-electron chi connectivity index (χ1n) is 5.94. The fraction of sp³-hybridized carbons (Fsp3) is 0.308. The first kappa shape index (κ1) is 14.2. The highest BCUT2D eigenvalue weighted by atomic mass is 19.4. The number of halogens is 3. The second-order valence-corrected chi connectivity index (χ2v) is 4.25. The molecule has 7 heteroatoms. The Bertz CT molecular complexity index is 668. The summed E-state index contributed by atoms with van der Waals surface area (Å²) in [6.07, 6.45) is -3.56. The Labute approximate surface area is 112 Å². The Morgan fingerprint density at radius 2 is 2.00 bits per heavy atom. The molecule has 2 rings (SSSR count). The second kappa shape index (κ2) is 5.07. The predicted octanol–water partition coefficient (Wildman–Crippen LogP) is 3.30. The Morgan fingerprint density at radius 3 is 2.55 bits per heavy atom. The number of hydrogen-bond acceptors (Lipinski definition) is 3. The fourth-order valence-corrected chi connectivity index (χ4v) is 1.97. The monoisotopic (exact) mass is 284 g/mol. The molecule has 0 spiro atoms. The molecule has 2 aromatic rings. The summed E-state index contributed by atoms with van der Waals surface area (Å²) in [5.74, 6) is -2.06. The van der Waals surface area contributed by atoms with E-state index in [9.17, 15) is 18.0 Å². The number of para-hydroxylation sites is 1. The molecule has 1 aromatic carbocycles.